The summed E-state index contributed by atoms with van der Waals surface area (Å²) >= 11 is 0. The van der Waals surface area contributed by atoms with Gasteiger partial charge < -0.3 is 19.3 Å². The Balaban J connectivity index is 1.52. The molecule has 3 rings (SSSR count). The van der Waals surface area contributed by atoms with Crippen molar-refractivity contribution in [2.24, 2.45) is 0 Å². The van der Waals surface area contributed by atoms with Gasteiger partial charge in [-0.05, 0) is 68.4 Å². The summed E-state index contributed by atoms with van der Waals surface area (Å²) in [5, 5.41) is 0. The highest BCUT2D eigenvalue weighted by Gasteiger charge is 2.19. The Hall–Kier alpha value is -2.53. The minimum absolute atomic E-state index is 0.0358. The van der Waals surface area contributed by atoms with E-state index in [9.17, 15) is 4.79 Å². The first-order chi connectivity index (χ1) is 12.5. The van der Waals surface area contributed by atoms with Crippen molar-refractivity contribution in [3.05, 3.63) is 53.6 Å². The minimum atomic E-state index is 0.0358. The largest absolute Gasteiger partial charge is 0.484 e. The van der Waals surface area contributed by atoms with Gasteiger partial charge in [0.1, 0.15) is 17.2 Å². The third kappa shape index (κ3) is 4.99. The number of carbonyl (C=O) groups excluding carboxylic acids is 1. The topological polar surface area (TPSA) is 42.0 Å². The van der Waals surface area contributed by atoms with Gasteiger partial charge in [0.05, 0.1) is 0 Å². The van der Waals surface area contributed by atoms with Crippen LogP contribution in [0.25, 0.3) is 0 Å². The maximum Gasteiger partial charge on any atom is 0.260 e. The molecule has 5 heteroatoms. The SMILES string of the molecule is Cc1cc(C)cc(Oc2ccc(OCC(=O)N3CCN(C)CC3)cc2)c1. The lowest BCUT2D eigenvalue weighted by atomic mass is 10.1. The van der Waals surface area contributed by atoms with Crippen LogP contribution in [-0.2, 0) is 4.79 Å². The predicted octanol–water partition coefficient (Wildman–Crippen LogP) is 3.25. The molecule has 0 aliphatic carbocycles. The van der Waals surface area contributed by atoms with Crippen molar-refractivity contribution < 1.29 is 14.3 Å². The van der Waals surface area contributed by atoms with Crippen LogP contribution in [0.1, 0.15) is 11.1 Å². The van der Waals surface area contributed by atoms with Crippen LogP contribution in [0.3, 0.4) is 0 Å². The number of piperazine rings is 1. The number of carbonyl (C=O) groups is 1. The van der Waals surface area contributed by atoms with Crippen molar-refractivity contribution in [2.75, 3.05) is 39.8 Å². The maximum absolute atomic E-state index is 12.2. The van der Waals surface area contributed by atoms with E-state index in [0.717, 1.165) is 37.7 Å². The molecular weight excluding hydrogens is 328 g/mol. The lowest BCUT2D eigenvalue weighted by molar-refractivity contribution is -0.134. The fraction of sp³-hybridized carbons (Fsp3) is 0.381. The third-order valence-corrected chi connectivity index (χ3v) is 4.47. The fourth-order valence-electron chi connectivity index (χ4n) is 3.02. The van der Waals surface area contributed by atoms with Gasteiger partial charge in [0.15, 0.2) is 6.61 Å². The second-order valence-corrected chi connectivity index (χ2v) is 6.87. The molecule has 1 aliphatic heterocycles. The summed E-state index contributed by atoms with van der Waals surface area (Å²) in [5.74, 6) is 2.27. The molecule has 0 saturated carbocycles. The maximum atomic E-state index is 12.2. The van der Waals surface area contributed by atoms with Crippen LogP contribution in [0.4, 0.5) is 0 Å². The van der Waals surface area contributed by atoms with Gasteiger partial charge in [-0.1, -0.05) is 6.07 Å². The van der Waals surface area contributed by atoms with E-state index in [1.54, 1.807) is 0 Å². The summed E-state index contributed by atoms with van der Waals surface area (Å²) in [5.41, 5.74) is 2.34. The molecule has 1 amide bonds. The molecule has 138 valence electrons. The van der Waals surface area contributed by atoms with E-state index in [0.29, 0.717) is 5.75 Å². The third-order valence-electron chi connectivity index (χ3n) is 4.47. The van der Waals surface area contributed by atoms with Crippen molar-refractivity contribution in [2.45, 2.75) is 13.8 Å². The van der Waals surface area contributed by atoms with E-state index in [1.165, 1.54) is 11.1 Å². The monoisotopic (exact) mass is 354 g/mol. The van der Waals surface area contributed by atoms with Crippen LogP contribution in [0, 0.1) is 13.8 Å². The van der Waals surface area contributed by atoms with Gasteiger partial charge in [-0.25, -0.2) is 0 Å². The number of nitrogens with zero attached hydrogens (tertiary/aromatic N) is 2. The molecule has 0 N–H and O–H groups in total. The van der Waals surface area contributed by atoms with E-state index in [2.05, 4.69) is 18.0 Å². The number of benzene rings is 2. The zero-order valence-corrected chi connectivity index (χ0v) is 15.7. The number of likely N-dealkylation sites (N-methyl/N-ethyl adjacent to an activating group) is 1. The van der Waals surface area contributed by atoms with Crippen LogP contribution in [0.2, 0.25) is 0 Å². The number of hydrogen-bond acceptors (Lipinski definition) is 4. The fourth-order valence-corrected chi connectivity index (χ4v) is 3.02. The highest BCUT2D eigenvalue weighted by molar-refractivity contribution is 5.77. The molecular formula is C21H26N2O3. The number of amides is 1. The van der Waals surface area contributed by atoms with Gasteiger partial charge in [-0.15, -0.1) is 0 Å². The number of hydrogen-bond donors (Lipinski definition) is 0. The lowest BCUT2D eigenvalue weighted by Gasteiger charge is -2.32. The Morgan fingerprint density at radius 2 is 1.46 bits per heavy atom. The van der Waals surface area contributed by atoms with Crippen molar-refractivity contribution in [1.29, 1.82) is 0 Å². The molecule has 1 saturated heterocycles. The highest BCUT2D eigenvalue weighted by Crippen LogP contribution is 2.25. The zero-order chi connectivity index (χ0) is 18.5. The van der Waals surface area contributed by atoms with Gasteiger partial charge >= 0.3 is 0 Å². The van der Waals surface area contributed by atoms with Crippen molar-refractivity contribution in [3.8, 4) is 17.2 Å². The van der Waals surface area contributed by atoms with Crippen LogP contribution in [0.5, 0.6) is 17.2 Å². The molecule has 0 bridgehead atoms. The van der Waals surface area contributed by atoms with E-state index < -0.39 is 0 Å². The van der Waals surface area contributed by atoms with Gasteiger partial charge in [0, 0.05) is 26.2 Å². The van der Waals surface area contributed by atoms with Gasteiger partial charge in [0.2, 0.25) is 0 Å². The minimum Gasteiger partial charge on any atom is -0.484 e. The Morgan fingerprint density at radius 3 is 2.08 bits per heavy atom. The van der Waals surface area contributed by atoms with Gasteiger partial charge in [-0.3, -0.25) is 4.79 Å². The number of ether oxygens (including phenoxy) is 2. The number of rotatable bonds is 5. The summed E-state index contributed by atoms with van der Waals surface area (Å²) in [6, 6.07) is 13.5. The van der Waals surface area contributed by atoms with Crippen LogP contribution >= 0.6 is 0 Å². The molecule has 1 heterocycles. The molecule has 0 aromatic heterocycles. The van der Waals surface area contributed by atoms with Gasteiger partial charge in [-0.2, -0.15) is 0 Å². The molecule has 0 radical (unpaired) electrons. The van der Waals surface area contributed by atoms with Crippen LogP contribution in [0.15, 0.2) is 42.5 Å². The first-order valence-electron chi connectivity index (χ1n) is 8.95. The zero-order valence-electron chi connectivity index (χ0n) is 15.7. The van der Waals surface area contributed by atoms with Crippen LogP contribution in [-0.4, -0.2) is 55.5 Å². The van der Waals surface area contributed by atoms with Crippen molar-refractivity contribution >= 4 is 5.91 Å². The second kappa shape index (κ2) is 8.23. The average Bonchev–Trinajstić information content (AvgIpc) is 2.60. The molecule has 0 spiro atoms. The number of aryl methyl sites for hydroxylation is 2. The molecule has 0 atom stereocenters. The Bertz CT molecular complexity index is 730. The van der Waals surface area contributed by atoms with E-state index in [-0.39, 0.29) is 12.5 Å². The first kappa shape index (κ1) is 18.3. The molecule has 1 aliphatic rings. The quantitative estimate of drug-likeness (QED) is 0.827. The molecule has 0 unspecified atom stereocenters. The Labute approximate surface area is 155 Å². The molecule has 2 aromatic carbocycles. The summed E-state index contributed by atoms with van der Waals surface area (Å²) in [6.45, 7) is 7.53. The Morgan fingerprint density at radius 1 is 0.885 bits per heavy atom. The molecule has 5 nitrogen and oxygen atoms in total. The molecule has 1 fully saturated rings. The average molecular weight is 354 g/mol. The van der Waals surface area contributed by atoms with E-state index in [4.69, 9.17) is 9.47 Å². The summed E-state index contributed by atoms with van der Waals surface area (Å²) in [7, 11) is 2.07. The Kier molecular flexibility index (Phi) is 5.78. The smallest absolute Gasteiger partial charge is 0.260 e. The first-order valence-corrected chi connectivity index (χ1v) is 8.95. The van der Waals surface area contributed by atoms with Gasteiger partial charge in [0.25, 0.3) is 5.91 Å². The lowest BCUT2D eigenvalue weighted by Crippen LogP contribution is -2.48. The predicted molar refractivity (Wildman–Crippen MR) is 102 cm³/mol. The summed E-state index contributed by atoms with van der Waals surface area (Å²) in [6.07, 6.45) is 0. The molecule has 26 heavy (non-hydrogen) atoms. The highest BCUT2D eigenvalue weighted by atomic mass is 16.5. The normalized spacial score (nSPS) is 15.0. The van der Waals surface area contributed by atoms with Crippen LogP contribution < -0.4 is 9.47 Å². The van der Waals surface area contributed by atoms with E-state index >= 15 is 0 Å². The standard InChI is InChI=1S/C21H26N2O3/c1-16-12-17(2)14-20(13-16)26-19-6-4-18(5-7-19)25-15-21(24)23-10-8-22(3)9-11-23/h4-7,12-14H,8-11,15H2,1-3H3. The van der Waals surface area contributed by atoms with Crippen molar-refractivity contribution in [3.63, 3.8) is 0 Å². The second-order valence-electron chi connectivity index (χ2n) is 6.87. The van der Waals surface area contributed by atoms with Crippen molar-refractivity contribution in [1.82, 2.24) is 9.80 Å². The summed E-state index contributed by atoms with van der Waals surface area (Å²) < 4.78 is 11.5. The summed E-state index contributed by atoms with van der Waals surface area (Å²) in [4.78, 5) is 16.3. The molecule has 2 aromatic rings. The van der Waals surface area contributed by atoms with E-state index in [1.807, 2.05) is 55.1 Å².